The number of halogens is 1. The van der Waals surface area contributed by atoms with Gasteiger partial charge in [-0.25, -0.2) is 33.3 Å². The van der Waals surface area contributed by atoms with E-state index in [9.17, 15) is 18.8 Å². The van der Waals surface area contributed by atoms with Crippen LogP contribution in [0.1, 0.15) is 35.8 Å². The number of carbonyl (C=O) groups is 1. The number of H-pyrrole nitrogens is 1. The summed E-state index contributed by atoms with van der Waals surface area (Å²) in [5, 5.41) is 8.96. The summed E-state index contributed by atoms with van der Waals surface area (Å²) in [5.41, 5.74) is 0.0152. The average molecular weight is 491 g/mol. The second kappa shape index (κ2) is 10.2. The normalized spacial score (nSPS) is 11.6. The summed E-state index contributed by atoms with van der Waals surface area (Å²) in [4.78, 5) is 47.7. The van der Waals surface area contributed by atoms with Crippen LogP contribution < -0.4 is 21.7 Å². The number of aromatic carboxylic acids is 1. The number of ether oxygens (including phenoxy) is 1. The highest BCUT2D eigenvalue weighted by atomic mass is 19.1. The van der Waals surface area contributed by atoms with Crippen LogP contribution in [0.25, 0.3) is 0 Å². The molecule has 0 radical (unpaired) electrons. The first kappa shape index (κ1) is 24.3. The Labute approximate surface area is 203 Å². The van der Waals surface area contributed by atoms with Crippen molar-refractivity contribution in [3.8, 4) is 11.6 Å². The second-order valence-electron chi connectivity index (χ2n) is 8.11. The smallest absolute Gasteiger partial charge is 0.337 e. The van der Waals surface area contributed by atoms with Crippen LogP contribution in [-0.4, -0.2) is 30.2 Å². The topological polar surface area (TPSA) is 132 Å². The first-order valence-corrected chi connectivity index (χ1v) is 10.9. The van der Waals surface area contributed by atoms with Gasteiger partial charge < -0.3 is 9.84 Å². The maximum Gasteiger partial charge on any atom is 0.337 e. The molecule has 10 nitrogen and oxygen atoms in total. The summed E-state index contributed by atoms with van der Waals surface area (Å²) >= 11 is 0. The molecule has 0 atom stereocenters. The zero-order valence-electron chi connectivity index (χ0n) is 19.4. The predicted molar refractivity (Wildman–Crippen MR) is 128 cm³/mol. The van der Waals surface area contributed by atoms with Crippen molar-refractivity contribution in [3.63, 3.8) is 0 Å². The number of carboxylic acids is 1. The van der Waals surface area contributed by atoms with E-state index in [1.54, 1.807) is 50.2 Å². The van der Waals surface area contributed by atoms with Gasteiger partial charge in [-0.3, -0.25) is 9.55 Å². The van der Waals surface area contributed by atoms with Crippen molar-refractivity contribution in [2.45, 2.75) is 26.4 Å². The molecule has 2 heterocycles. The molecule has 0 fully saturated rings. The van der Waals surface area contributed by atoms with Crippen LogP contribution in [0.4, 0.5) is 10.1 Å². The van der Waals surface area contributed by atoms with Gasteiger partial charge in [-0.1, -0.05) is 12.1 Å². The third kappa shape index (κ3) is 5.46. The van der Waals surface area contributed by atoms with Gasteiger partial charge in [0.1, 0.15) is 11.6 Å². The van der Waals surface area contributed by atoms with Gasteiger partial charge in [0.2, 0.25) is 11.5 Å². The standard InChI is InChI=1S/C25H22FN5O5/c1-15(2)31-24(34)29-23(30(25(31)35)14-16-3-6-18(26)7-4-16)28-19-8-10-20(11-9-19)36-21-12-5-17(13-27-21)22(32)33/h3-13,15H,14H2,1-2H3,(H,32,33)(H,28,29,34). The summed E-state index contributed by atoms with van der Waals surface area (Å²) in [6.45, 7) is 3.51. The van der Waals surface area contributed by atoms with Crippen LogP contribution in [0.15, 0.2) is 81.4 Å². The van der Waals surface area contributed by atoms with Gasteiger partial charge in [0.05, 0.1) is 17.8 Å². The number of carboxylic acid groups (broad SMARTS) is 1. The average Bonchev–Trinajstić information content (AvgIpc) is 2.84. The van der Waals surface area contributed by atoms with Crippen LogP contribution in [-0.2, 0) is 6.54 Å². The van der Waals surface area contributed by atoms with E-state index in [0.717, 1.165) is 4.57 Å². The van der Waals surface area contributed by atoms with Gasteiger partial charge in [-0.2, -0.15) is 0 Å². The first-order valence-electron chi connectivity index (χ1n) is 10.9. The molecule has 0 bridgehead atoms. The molecule has 0 amide bonds. The molecular weight excluding hydrogens is 469 g/mol. The Bertz CT molecular complexity index is 1570. The summed E-state index contributed by atoms with van der Waals surface area (Å²) < 4.78 is 21.4. The van der Waals surface area contributed by atoms with E-state index >= 15 is 0 Å². The maximum absolute atomic E-state index is 13.3. The fourth-order valence-electron chi connectivity index (χ4n) is 3.39. The van der Waals surface area contributed by atoms with E-state index in [2.05, 4.69) is 15.0 Å². The Morgan fingerprint density at radius 2 is 1.78 bits per heavy atom. The highest BCUT2D eigenvalue weighted by molar-refractivity contribution is 5.87. The number of benzene rings is 2. The van der Waals surface area contributed by atoms with Crippen molar-refractivity contribution < 1.29 is 19.0 Å². The van der Waals surface area contributed by atoms with Crippen LogP contribution >= 0.6 is 0 Å². The van der Waals surface area contributed by atoms with Gasteiger partial charge in [0.25, 0.3) is 0 Å². The van der Waals surface area contributed by atoms with Crippen molar-refractivity contribution in [1.29, 1.82) is 0 Å². The number of aromatic amines is 1. The Hall–Kier alpha value is -4.80. The van der Waals surface area contributed by atoms with Gasteiger partial charge >= 0.3 is 17.3 Å². The summed E-state index contributed by atoms with van der Waals surface area (Å²) in [6, 6.07) is 14.6. The van der Waals surface area contributed by atoms with Crippen molar-refractivity contribution >= 4 is 11.7 Å². The molecule has 2 aromatic carbocycles. The van der Waals surface area contributed by atoms with E-state index in [4.69, 9.17) is 9.84 Å². The largest absolute Gasteiger partial charge is 0.478 e. The SMILES string of the molecule is CC(C)n1c(=O)[nH]/c(=N\c2ccc(Oc3ccc(C(=O)O)cn3)cc2)n(Cc2ccc(F)cc2)c1=O. The molecule has 4 aromatic rings. The van der Waals surface area contributed by atoms with E-state index in [0.29, 0.717) is 17.0 Å². The predicted octanol–water partition coefficient (Wildman–Crippen LogP) is 3.22. The lowest BCUT2D eigenvalue weighted by molar-refractivity contribution is 0.0696. The Morgan fingerprint density at radius 1 is 1.08 bits per heavy atom. The van der Waals surface area contributed by atoms with Crippen molar-refractivity contribution in [2.75, 3.05) is 0 Å². The fraction of sp³-hybridized carbons (Fsp3) is 0.160. The summed E-state index contributed by atoms with van der Waals surface area (Å²) in [5.74, 6) is -0.850. The van der Waals surface area contributed by atoms with Crippen LogP contribution in [0.5, 0.6) is 11.6 Å². The number of nitrogens with one attached hydrogen (secondary N) is 1. The van der Waals surface area contributed by atoms with Crippen molar-refractivity contribution in [2.24, 2.45) is 4.99 Å². The first-order chi connectivity index (χ1) is 17.2. The highest BCUT2D eigenvalue weighted by Gasteiger charge is 2.12. The Kier molecular flexibility index (Phi) is 6.91. The number of hydrogen-bond donors (Lipinski definition) is 2. The number of aromatic nitrogens is 4. The van der Waals surface area contributed by atoms with Crippen molar-refractivity contribution in [3.05, 3.63) is 110 Å². The zero-order valence-corrected chi connectivity index (χ0v) is 19.4. The second-order valence-corrected chi connectivity index (χ2v) is 8.11. The lowest BCUT2D eigenvalue weighted by Gasteiger charge is -2.13. The minimum absolute atomic E-state index is 0.0332. The van der Waals surface area contributed by atoms with E-state index in [-0.39, 0.29) is 29.6 Å². The molecule has 0 spiro atoms. The summed E-state index contributed by atoms with van der Waals surface area (Å²) in [6.07, 6.45) is 1.19. The highest BCUT2D eigenvalue weighted by Crippen LogP contribution is 2.22. The Balaban J connectivity index is 1.68. The molecule has 0 aliphatic carbocycles. The lowest BCUT2D eigenvalue weighted by Crippen LogP contribution is -2.50. The van der Waals surface area contributed by atoms with E-state index in [1.807, 2.05) is 0 Å². The minimum atomic E-state index is -1.09. The van der Waals surface area contributed by atoms with Gasteiger partial charge in [0.15, 0.2) is 0 Å². The quantitative estimate of drug-likeness (QED) is 0.408. The summed E-state index contributed by atoms with van der Waals surface area (Å²) in [7, 11) is 0. The maximum atomic E-state index is 13.3. The molecule has 2 aromatic heterocycles. The van der Waals surface area contributed by atoms with E-state index in [1.165, 1.54) is 35.0 Å². The molecule has 0 aliphatic rings. The molecule has 0 saturated carbocycles. The van der Waals surface area contributed by atoms with Crippen molar-refractivity contribution in [1.82, 2.24) is 19.1 Å². The molecule has 184 valence electrons. The van der Waals surface area contributed by atoms with Crippen LogP contribution in [0.2, 0.25) is 0 Å². The molecule has 2 N–H and O–H groups in total. The van der Waals surface area contributed by atoms with E-state index < -0.39 is 23.2 Å². The fourth-order valence-corrected chi connectivity index (χ4v) is 3.39. The minimum Gasteiger partial charge on any atom is -0.478 e. The molecule has 0 saturated heterocycles. The number of hydrogen-bond acceptors (Lipinski definition) is 6. The monoisotopic (exact) mass is 491 g/mol. The number of nitrogens with zero attached hydrogens (tertiary/aromatic N) is 4. The number of rotatable bonds is 7. The molecule has 0 unspecified atom stereocenters. The molecular formula is C25H22FN5O5. The van der Waals surface area contributed by atoms with Gasteiger partial charge in [0, 0.05) is 18.3 Å². The molecule has 0 aliphatic heterocycles. The molecule has 11 heteroatoms. The third-order valence-corrected chi connectivity index (χ3v) is 5.18. The third-order valence-electron chi connectivity index (χ3n) is 5.18. The number of pyridine rings is 1. The van der Waals surface area contributed by atoms with Crippen LogP contribution in [0.3, 0.4) is 0 Å². The zero-order chi connectivity index (χ0) is 25.8. The van der Waals surface area contributed by atoms with Gasteiger partial charge in [-0.05, 0) is 61.9 Å². The lowest BCUT2D eigenvalue weighted by atomic mass is 10.2. The van der Waals surface area contributed by atoms with Crippen LogP contribution in [0, 0.1) is 5.82 Å². The molecule has 4 rings (SSSR count). The van der Waals surface area contributed by atoms with Gasteiger partial charge in [-0.15, -0.1) is 0 Å². The Morgan fingerprint density at radius 3 is 2.36 bits per heavy atom. The molecule has 36 heavy (non-hydrogen) atoms.